The molecule has 0 aliphatic heterocycles. The van der Waals surface area contributed by atoms with Crippen LogP contribution in [0.25, 0.3) is 0 Å². The minimum Gasteiger partial charge on any atom is -0.455 e. The molecule has 0 saturated heterocycles. The summed E-state index contributed by atoms with van der Waals surface area (Å²) < 4.78 is 5.01. The molecule has 0 N–H and O–H groups in total. The molecule has 0 atom stereocenters. The van der Waals surface area contributed by atoms with Crippen molar-refractivity contribution in [3.05, 3.63) is 18.0 Å². The van der Waals surface area contributed by atoms with Gasteiger partial charge in [-0.25, -0.2) is 14.9 Å². The summed E-state index contributed by atoms with van der Waals surface area (Å²) in [6.07, 6.45) is 1.23. The lowest BCUT2D eigenvalue weighted by Crippen LogP contribution is -2.24. The summed E-state index contributed by atoms with van der Waals surface area (Å²) in [4.78, 5) is 18.1. The molecule has 1 aromatic rings. The number of rotatable bonds is 1. The molecule has 1 rings (SSSR count). The topological polar surface area (TPSA) is 72.0 Å². The van der Waals surface area contributed by atoms with Gasteiger partial charge < -0.3 is 4.74 Å². The summed E-state index contributed by atoms with van der Waals surface area (Å²) in [6.45, 7) is 5.22. The van der Waals surface area contributed by atoms with Gasteiger partial charge in [0.2, 0.25) is 0 Å². The average molecular weight is 195 g/mol. The van der Waals surface area contributed by atoms with Gasteiger partial charge in [-0.05, 0) is 26.8 Å². The van der Waals surface area contributed by atoms with Gasteiger partial charge in [0.05, 0.1) is 0 Å². The van der Waals surface area contributed by atoms with Crippen LogP contribution in [0.4, 0.5) is 0 Å². The van der Waals surface area contributed by atoms with E-state index in [1.165, 1.54) is 12.3 Å². The molecular weight excluding hydrogens is 184 g/mol. The van der Waals surface area contributed by atoms with Crippen molar-refractivity contribution < 1.29 is 14.6 Å². The summed E-state index contributed by atoms with van der Waals surface area (Å²) in [5.74, 6) is -0.614. The Morgan fingerprint density at radius 3 is 2.57 bits per heavy atom. The van der Waals surface area contributed by atoms with E-state index in [-0.39, 0.29) is 5.69 Å². The fraction of sp³-hybridized carbons (Fsp3) is 0.444. The minimum absolute atomic E-state index is 0.0140. The number of ether oxygens (including phenoxy) is 1. The third-order valence-electron chi connectivity index (χ3n) is 1.24. The molecule has 0 aliphatic rings. The van der Waals surface area contributed by atoms with E-state index in [1.807, 2.05) is 0 Å². The van der Waals surface area contributed by atoms with Crippen molar-refractivity contribution in [3.63, 3.8) is 0 Å². The van der Waals surface area contributed by atoms with Gasteiger partial charge in [0, 0.05) is 6.20 Å². The number of nitrogens with zero attached hydrogens (tertiary/aromatic N) is 2. The molecule has 0 saturated carbocycles. The van der Waals surface area contributed by atoms with Crippen LogP contribution in [0.15, 0.2) is 12.3 Å². The highest BCUT2D eigenvalue weighted by Crippen LogP contribution is 2.11. The maximum atomic E-state index is 11.4. The van der Waals surface area contributed by atoms with Crippen LogP contribution in [0.2, 0.25) is 0 Å². The Kier molecular flexibility index (Phi) is 2.69. The first-order valence-electron chi connectivity index (χ1n) is 4.12. The Bertz CT molecular complexity index is 344. The Balaban J connectivity index is 2.80. The molecule has 75 valence electrons. The lowest BCUT2D eigenvalue weighted by Gasteiger charge is -2.18. The molecule has 0 aliphatic carbocycles. The van der Waals surface area contributed by atoms with Crippen molar-refractivity contribution in [1.82, 2.24) is 9.97 Å². The number of hydrogen-bond donors (Lipinski definition) is 0. The highest BCUT2D eigenvalue weighted by Gasteiger charge is 2.19. The molecule has 0 fully saturated rings. The summed E-state index contributed by atoms with van der Waals surface area (Å²) in [5, 5.41) is 10.7. The second-order valence-electron chi connectivity index (χ2n) is 3.73. The van der Waals surface area contributed by atoms with Crippen LogP contribution >= 0.6 is 0 Å². The first-order valence-corrected chi connectivity index (χ1v) is 4.12. The first-order chi connectivity index (χ1) is 6.38. The van der Waals surface area contributed by atoms with Crippen LogP contribution in [-0.2, 0) is 9.84 Å². The lowest BCUT2D eigenvalue weighted by atomic mass is 10.2. The Morgan fingerprint density at radius 1 is 1.43 bits per heavy atom. The van der Waals surface area contributed by atoms with Crippen LogP contribution in [0, 0.1) is 0 Å². The van der Waals surface area contributed by atoms with Gasteiger partial charge in [0.15, 0.2) is 5.69 Å². The lowest BCUT2D eigenvalue weighted by molar-refractivity contribution is 0.00610. The Hall–Kier alpha value is -1.65. The number of carbonyl (C=O) groups is 1. The van der Waals surface area contributed by atoms with E-state index in [2.05, 4.69) is 9.97 Å². The van der Waals surface area contributed by atoms with Crippen LogP contribution in [0.3, 0.4) is 0 Å². The van der Waals surface area contributed by atoms with Crippen LogP contribution in [-0.4, -0.2) is 21.5 Å². The van der Waals surface area contributed by atoms with Gasteiger partial charge in [-0.3, -0.25) is 0 Å². The molecular formula is C9H11N2O3. The standard InChI is InChI=1S/C9H11N2O3/c1-9(2,3)14-7(12)6-4-5-10-8(13)11-6/h4-5H,1-3H3. The zero-order chi connectivity index (χ0) is 10.8. The third kappa shape index (κ3) is 3.01. The third-order valence-corrected chi connectivity index (χ3v) is 1.24. The number of esters is 1. The molecule has 0 amide bonds. The molecule has 0 bridgehead atoms. The zero-order valence-electron chi connectivity index (χ0n) is 8.27. The van der Waals surface area contributed by atoms with E-state index in [0.717, 1.165) is 0 Å². The normalized spacial score (nSPS) is 11.1. The Morgan fingerprint density at radius 2 is 2.07 bits per heavy atom. The fourth-order valence-electron chi connectivity index (χ4n) is 0.785. The van der Waals surface area contributed by atoms with Crippen LogP contribution in [0.1, 0.15) is 31.3 Å². The molecule has 5 heteroatoms. The zero-order valence-corrected chi connectivity index (χ0v) is 8.27. The van der Waals surface area contributed by atoms with E-state index in [9.17, 15) is 9.90 Å². The maximum absolute atomic E-state index is 11.4. The number of carbonyl (C=O) groups excluding carboxylic acids is 1. The van der Waals surface area contributed by atoms with Gasteiger partial charge in [-0.1, -0.05) is 0 Å². The largest absolute Gasteiger partial charge is 0.455 e. The second kappa shape index (κ2) is 3.61. The maximum Gasteiger partial charge on any atom is 0.367 e. The average Bonchev–Trinajstić information content (AvgIpc) is 2.01. The van der Waals surface area contributed by atoms with Crippen LogP contribution < -0.4 is 0 Å². The van der Waals surface area contributed by atoms with Gasteiger partial charge in [0.25, 0.3) is 0 Å². The molecule has 5 nitrogen and oxygen atoms in total. The molecule has 0 aromatic carbocycles. The molecule has 14 heavy (non-hydrogen) atoms. The fourth-order valence-corrected chi connectivity index (χ4v) is 0.785. The summed E-state index contributed by atoms with van der Waals surface area (Å²) in [6, 6.07) is 0.656. The van der Waals surface area contributed by atoms with Crippen molar-refractivity contribution in [2.24, 2.45) is 0 Å². The predicted molar refractivity (Wildman–Crippen MR) is 47.3 cm³/mol. The molecule has 0 spiro atoms. The molecule has 1 heterocycles. The van der Waals surface area contributed by atoms with Gasteiger partial charge >= 0.3 is 12.0 Å². The summed E-state index contributed by atoms with van der Waals surface area (Å²) in [7, 11) is 0. The van der Waals surface area contributed by atoms with E-state index in [1.54, 1.807) is 20.8 Å². The molecule has 1 aromatic heterocycles. The van der Waals surface area contributed by atoms with Gasteiger partial charge in [-0.2, -0.15) is 4.98 Å². The summed E-state index contributed by atoms with van der Waals surface area (Å²) in [5.41, 5.74) is -0.606. The van der Waals surface area contributed by atoms with Crippen molar-refractivity contribution in [3.8, 4) is 6.01 Å². The van der Waals surface area contributed by atoms with Gasteiger partial charge in [-0.15, -0.1) is 0 Å². The number of aromatic nitrogens is 2. The monoisotopic (exact) mass is 195 g/mol. The summed E-state index contributed by atoms with van der Waals surface area (Å²) >= 11 is 0. The second-order valence-corrected chi connectivity index (χ2v) is 3.73. The van der Waals surface area contributed by atoms with Crippen molar-refractivity contribution in [2.45, 2.75) is 26.4 Å². The molecule has 1 radical (unpaired) electrons. The Labute approximate surface area is 81.8 Å². The number of hydrogen-bond acceptors (Lipinski definition) is 4. The van der Waals surface area contributed by atoms with E-state index >= 15 is 0 Å². The van der Waals surface area contributed by atoms with Crippen molar-refractivity contribution in [1.29, 1.82) is 0 Å². The smallest absolute Gasteiger partial charge is 0.367 e. The van der Waals surface area contributed by atoms with E-state index in [4.69, 9.17) is 4.74 Å². The highest BCUT2D eigenvalue weighted by molar-refractivity contribution is 5.87. The minimum atomic E-state index is -0.687. The van der Waals surface area contributed by atoms with Crippen molar-refractivity contribution >= 4 is 5.97 Å². The van der Waals surface area contributed by atoms with Gasteiger partial charge in [0.1, 0.15) is 5.60 Å². The predicted octanol–water partition coefficient (Wildman–Crippen LogP) is 1.58. The van der Waals surface area contributed by atoms with Crippen LogP contribution in [0.5, 0.6) is 6.01 Å². The van der Waals surface area contributed by atoms with E-state index in [0.29, 0.717) is 0 Å². The quantitative estimate of drug-likeness (QED) is 0.637. The van der Waals surface area contributed by atoms with E-state index < -0.39 is 17.6 Å². The SMILES string of the molecule is CC(C)(C)OC(=O)c1ccnc([O])n1. The highest BCUT2D eigenvalue weighted by atomic mass is 16.6. The first kappa shape index (κ1) is 10.4. The molecule has 0 unspecified atom stereocenters. The van der Waals surface area contributed by atoms with Crippen molar-refractivity contribution in [2.75, 3.05) is 0 Å².